The minimum absolute atomic E-state index is 0.156. The lowest BCUT2D eigenvalue weighted by Gasteiger charge is -2.12. The van der Waals surface area contributed by atoms with E-state index in [1.54, 1.807) is 18.2 Å². The van der Waals surface area contributed by atoms with Gasteiger partial charge >= 0.3 is 11.7 Å². The fraction of sp³-hybridized carbons (Fsp3) is 0.294. The maximum absolute atomic E-state index is 12.5. The molecule has 2 aromatic rings. The number of aromatic nitrogens is 2. The summed E-state index contributed by atoms with van der Waals surface area (Å²) in [7, 11) is 0. The Hall–Kier alpha value is -3.00. The normalized spacial score (nSPS) is 11.9. The molecule has 0 saturated carbocycles. The summed E-state index contributed by atoms with van der Waals surface area (Å²) >= 11 is 0. The predicted molar refractivity (Wildman–Crippen MR) is 90.7 cm³/mol. The van der Waals surface area contributed by atoms with Gasteiger partial charge in [-0.3, -0.25) is 19.0 Å². The highest BCUT2D eigenvalue weighted by atomic mass is 16.4. The number of aryl methyl sites for hydroxylation is 2. The van der Waals surface area contributed by atoms with Gasteiger partial charge in [0.05, 0.1) is 0 Å². The first-order chi connectivity index (χ1) is 11.8. The van der Waals surface area contributed by atoms with Crippen LogP contribution in [0.1, 0.15) is 28.8 Å². The van der Waals surface area contributed by atoms with Crippen molar-refractivity contribution in [3.63, 3.8) is 0 Å². The molecule has 3 N–H and O–H groups in total. The molecule has 25 heavy (non-hydrogen) atoms. The van der Waals surface area contributed by atoms with Crippen LogP contribution in [0.4, 0.5) is 0 Å². The maximum Gasteiger partial charge on any atom is 0.338 e. The first-order valence-electron chi connectivity index (χ1n) is 7.74. The van der Waals surface area contributed by atoms with Gasteiger partial charge in [-0.2, -0.15) is 4.57 Å². The Kier molecular flexibility index (Phi) is 5.66. The third kappa shape index (κ3) is 4.10. The van der Waals surface area contributed by atoms with Gasteiger partial charge in [-0.25, -0.2) is 4.79 Å². The fourth-order valence-electron chi connectivity index (χ4n) is 2.39. The molecule has 0 radical (unpaired) electrons. The molecular formula is C17H19N3O5. The van der Waals surface area contributed by atoms with Gasteiger partial charge in [-0.1, -0.05) is 18.2 Å². The number of carboxylic acids is 1. The van der Waals surface area contributed by atoms with Crippen LogP contribution in [0.2, 0.25) is 0 Å². The van der Waals surface area contributed by atoms with E-state index in [1.165, 1.54) is 29.8 Å². The maximum atomic E-state index is 12.5. The van der Waals surface area contributed by atoms with E-state index in [4.69, 9.17) is 10.8 Å². The highest BCUT2D eigenvalue weighted by Crippen LogP contribution is 2.01. The molecule has 0 bridgehead atoms. The van der Waals surface area contributed by atoms with E-state index in [0.29, 0.717) is 11.0 Å². The molecule has 0 aliphatic heterocycles. The molecule has 1 aromatic heterocycles. The molecule has 132 valence electrons. The summed E-state index contributed by atoms with van der Waals surface area (Å²) in [5, 5.41) is 8.77. The van der Waals surface area contributed by atoms with Gasteiger partial charge in [-0.15, -0.1) is 0 Å². The number of benzene rings is 1. The van der Waals surface area contributed by atoms with Crippen LogP contribution in [0.15, 0.2) is 46.1 Å². The molecule has 1 heterocycles. The second-order valence-corrected chi connectivity index (χ2v) is 5.69. The number of hydrogen-bond donors (Lipinski definition) is 2. The zero-order valence-electron chi connectivity index (χ0n) is 13.7. The molecule has 8 nitrogen and oxygen atoms in total. The Labute approximate surface area is 143 Å². The minimum atomic E-state index is -1.12. The van der Waals surface area contributed by atoms with Crippen molar-refractivity contribution in [3.8, 4) is 0 Å². The van der Waals surface area contributed by atoms with Gasteiger partial charge in [-0.05, 0) is 31.9 Å². The largest absolute Gasteiger partial charge is 0.480 e. The quantitative estimate of drug-likeness (QED) is 0.770. The Morgan fingerprint density at radius 1 is 1.20 bits per heavy atom. The summed E-state index contributed by atoms with van der Waals surface area (Å²) < 4.78 is 1.83. The van der Waals surface area contributed by atoms with Crippen molar-refractivity contribution in [3.05, 3.63) is 68.5 Å². The van der Waals surface area contributed by atoms with E-state index in [9.17, 15) is 19.2 Å². The van der Waals surface area contributed by atoms with Crippen LogP contribution in [-0.2, 0) is 11.3 Å². The van der Waals surface area contributed by atoms with Gasteiger partial charge in [0.15, 0.2) is 0 Å². The van der Waals surface area contributed by atoms with Crippen LogP contribution in [-0.4, -0.2) is 32.2 Å². The zero-order valence-corrected chi connectivity index (χ0v) is 13.7. The van der Waals surface area contributed by atoms with E-state index in [0.717, 1.165) is 0 Å². The van der Waals surface area contributed by atoms with Crippen molar-refractivity contribution in [2.24, 2.45) is 5.73 Å². The number of carboxylic acid groups (broad SMARTS) is 1. The molecule has 2 rings (SSSR count). The lowest BCUT2D eigenvalue weighted by atomic mass is 10.1. The van der Waals surface area contributed by atoms with Crippen LogP contribution >= 0.6 is 0 Å². The molecule has 0 unspecified atom stereocenters. The van der Waals surface area contributed by atoms with Crippen LogP contribution < -0.4 is 17.0 Å². The Morgan fingerprint density at radius 2 is 1.84 bits per heavy atom. The molecule has 8 heteroatoms. The number of carbonyl (C=O) groups is 2. The number of rotatable bonds is 6. The Morgan fingerprint density at radius 3 is 2.44 bits per heavy atom. The average Bonchev–Trinajstić information content (AvgIpc) is 2.59. The molecular weight excluding hydrogens is 326 g/mol. The predicted octanol–water partition coefficient (Wildman–Crippen LogP) is 0.199. The monoisotopic (exact) mass is 345 g/mol. The van der Waals surface area contributed by atoms with E-state index in [1.807, 2.05) is 0 Å². The topological polar surface area (TPSA) is 124 Å². The summed E-state index contributed by atoms with van der Waals surface area (Å²) in [6.07, 6.45) is 1.86. The SMILES string of the molecule is Cc1cn(CCC[C@H](N)C(=O)O)c(=O)n(C(=O)c2ccccc2)c1=O. The standard InChI is InChI=1S/C17H19N3O5/c1-11-10-19(9-5-8-13(18)16(23)24)17(25)20(14(11)21)15(22)12-6-3-2-4-7-12/h2-4,6-7,10,13H,5,8-9,18H2,1H3,(H,23,24)/t13-/m0/s1. The molecule has 0 aliphatic rings. The number of aliphatic carboxylic acids is 1. The molecule has 1 atom stereocenters. The summed E-state index contributed by atoms with van der Waals surface area (Å²) in [5.41, 5.74) is 4.48. The molecule has 0 spiro atoms. The first-order valence-corrected chi connectivity index (χ1v) is 7.74. The number of hydrogen-bond acceptors (Lipinski definition) is 5. The number of nitrogens with two attached hydrogens (primary N) is 1. The Balaban J connectivity index is 2.34. The van der Waals surface area contributed by atoms with Gasteiger partial charge in [0.1, 0.15) is 6.04 Å². The first kappa shape index (κ1) is 18.3. The Bertz CT molecular complexity index is 899. The second-order valence-electron chi connectivity index (χ2n) is 5.69. The highest BCUT2D eigenvalue weighted by molar-refractivity contribution is 5.95. The van der Waals surface area contributed by atoms with Crippen LogP contribution in [0, 0.1) is 6.92 Å². The summed E-state index contributed by atoms with van der Waals surface area (Å²) in [4.78, 5) is 48.0. The smallest absolute Gasteiger partial charge is 0.338 e. The number of nitrogens with zero attached hydrogens (tertiary/aromatic N) is 2. The van der Waals surface area contributed by atoms with Crippen molar-refractivity contribution >= 4 is 11.9 Å². The van der Waals surface area contributed by atoms with E-state index < -0.39 is 29.2 Å². The van der Waals surface area contributed by atoms with Gasteiger partial charge in [0, 0.05) is 23.9 Å². The molecule has 0 fully saturated rings. The molecule has 0 aliphatic carbocycles. The zero-order chi connectivity index (χ0) is 18.6. The van der Waals surface area contributed by atoms with Crippen molar-refractivity contribution in [1.29, 1.82) is 0 Å². The summed E-state index contributed by atoms with van der Waals surface area (Å²) in [6.45, 7) is 1.67. The summed E-state index contributed by atoms with van der Waals surface area (Å²) in [6, 6.07) is 7.02. The van der Waals surface area contributed by atoms with Crippen molar-refractivity contribution in [2.75, 3.05) is 0 Å². The van der Waals surface area contributed by atoms with Gasteiger partial charge in [0.25, 0.3) is 11.5 Å². The van der Waals surface area contributed by atoms with Crippen molar-refractivity contribution in [2.45, 2.75) is 32.4 Å². The van der Waals surface area contributed by atoms with E-state index >= 15 is 0 Å². The van der Waals surface area contributed by atoms with Crippen LogP contribution in [0.5, 0.6) is 0 Å². The second kappa shape index (κ2) is 7.71. The van der Waals surface area contributed by atoms with Crippen molar-refractivity contribution < 1.29 is 14.7 Å². The van der Waals surface area contributed by atoms with Gasteiger partial charge < -0.3 is 10.8 Å². The minimum Gasteiger partial charge on any atom is -0.480 e. The third-order valence-electron chi connectivity index (χ3n) is 3.78. The lowest BCUT2D eigenvalue weighted by Crippen LogP contribution is -2.44. The molecule has 1 aromatic carbocycles. The van der Waals surface area contributed by atoms with Crippen LogP contribution in [0.25, 0.3) is 0 Å². The third-order valence-corrected chi connectivity index (χ3v) is 3.78. The molecule has 0 saturated heterocycles. The highest BCUT2D eigenvalue weighted by Gasteiger charge is 2.17. The van der Waals surface area contributed by atoms with E-state index in [2.05, 4.69) is 0 Å². The lowest BCUT2D eigenvalue weighted by molar-refractivity contribution is -0.138. The summed E-state index contributed by atoms with van der Waals surface area (Å²) in [5.74, 6) is -1.82. The van der Waals surface area contributed by atoms with Crippen LogP contribution in [0.3, 0.4) is 0 Å². The van der Waals surface area contributed by atoms with Crippen molar-refractivity contribution in [1.82, 2.24) is 9.13 Å². The fourth-order valence-corrected chi connectivity index (χ4v) is 2.39. The number of carbonyl (C=O) groups excluding carboxylic acids is 1. The van der Waals surface area contributed by atoms with E-state index in [-0.39, 0.29) is 24.1 Å². The average molecular weight is 345 g/mol. The molecule has 0 amide bonds. The van der Waals surface area contributed by atoms with Gasteiger partial charge in [0.2, 0.25) is 0 Å².